The van der Waals surface area contributed by atoms with Crippen molar-refractivity contribution in [3.05, 3.63) is 35.9 Å². The minimum atomic E-state index is -0.883. The summed E-state index contributed by atoms with van der Waals surface area (Å²) in [4.78, 5) is 43.6. The van der Waals surface area contributed by atoms with Crippen LogP contribution in [0.3, 0.4) is 0 Å². The van der Waals surface area contributed by atoms with Gasteiger partial charge in [0.15, 0.2) is 0 Å². The van der Waals surface area contributed by atoms with Crippen LogP contribution in [0.1, 0.15) is 44.7 Å². The van der Waals surface area contributed by atoms with Gasteiger partial charge < -0.3 is 9.80 Å². The number of hydrogen-bond acceptors (Lipinski definition) is 3. The van der Waals surface area contributed by atoms with E-state index in [4.69, 9.17) is 0 Å². The molecule has 0 unspecified atom stereocenters. The molecule has 0 aromatic heterocycles. The molecule has 0 bridgehead atoms. The number of hydrogen-bond donors (Lipinski definition) is 0. The monoisotopic (exact) mass is 343 g/mol. The number of benzene rings is 1. The molecule has 25 heavy (non-hydrogen) atoms. The Kier molecular flexibility index (Phi) is 5.06. The average molecular weight is 343 g/mol. The Hall–Kier alpha value is -2.37. The van der Waals surface area contributed by atoms with Crippen LogP contribution in [0.5, 0.6) is 0 Å². The molecule has 2 heterocycles. The largest absolute Gasteiger partial charge is 0.341 e. The lowest BCUT2D eigenvalue weighted by molar-refractivity contribution is -0.142. The minimum absolute atomic E-state index is 0.197. The van der Waals surface area contributed by atoms with E-state index in [-0.39, 0.29) is 17.8 Å². The number of likely N-dealkylation sites (N-methyl/N-ethyl adjacent to an activating group) is 1. The highest BCUT2D eigenvalue weighted by Crippen LogP contribution is 2.34. The van der Waals surface area contributed by atoms with Gasteiger partial charge in [-0.25, -0.2) is 9.69 Å². The first-order chi connectivity index (χ1) is 12.1. The van der Waals surface area contributed by atoms with Crippen molar-refractivity contribution in [3.63, 3.8) is 0 Å². The maximum absolute atomic E-state index is 13.2. The van der Waals surface area contributed by atoms with Crippen molar-refractivity contribution in [1.29, 1.82) is 0 Å². The van der Waals surface area contributed by atoms with Crippen LogP contribution >= 0.6 is 0 Å². The summed E-state index contributed by atoms with van der Waals surface area (Å²) in [5.41, 5.74) is 0.681. The number of urea groups is 1. The van der Waals surface area contributed by atoms with Gasteiger partial charge in [-0.05, 0) is 38.7 Å². The van der Waals surface area contributed by atoms with Crippen molar-refractivity contribution in [2.75, 3.05) is 19.6 Å². The maximum atomic E-state index is 13.2. The molecule has 0 spiro atoms. The molecule has 2 fully saturated rings. The van der Waals surface area contributed by atoms with Crippen LogP contribution in [0.15, 0.2) is 30.3 Å². The van der Waals surface area contributed by atoms with E-state index in [0.29, 0.717) is 31.6 Å². The normalized spacial score (nSPS) is 21.3. The minimum Gasteiger partial charge on any atom is -0.341 e. The van der Waals surface area contributed by atoms with Gasteiger partial charge in [0.25, 0.3) is 11.8 Å². The van der Waals surface area contributed by atoms with Gasteiger partial charge in [0.1, 0.15) is 12.1 Å². The Labute approximate surface area is 148 Å². The predicted octanol–water partition coefficient (Wildman–Crippen LogP) is 2.41. The van der Waals surface area contributed by atoms with Gasteiger partial charge in [0.2, 0.25) is 0 Å². The van der Waals surface area contributed by atoms with Crippen LogP contribution < -0.4 is 0 Å². The van der Waals surface area contributed by atoms with E-state index in [2.05, 4.69) is 0 Å². The fraction of sp³-hybridized carbons (Fsp3) is 0.526. The molecule has 2 aliphatic rings. The Bertz CT molecular complexity index is 633. The van der Waals surface area contributed by atoms with Crippen molar-refractivity contribution in [3.8, 4) is 0 Å². The van der Waals surface area contributed by atoms with Crippen molar-refractivity contribution < 1.29 is 14.4 Å². The molecule has 3 rings (SSSR count). The lowest BCUT2D eigenvalue weighted by atomic mass is 10.0. The summed E-state index contributed by atoms with van der Waals surface area (Å²) in [7, 11) is 0. The van der Waals surface area contributed by atoms with Gasteiger partial charge >= 0.3 is 6.03 Å². The smallest absolute Gasteiger partial charge is 0.328 e. The molecular formula is C19H25N3O3. The van der Waals surface area contributed by atoms with Gasteiger partial charge in [-0.15, -0.1) is 0 Å². The average Bonchev–Trinajstić information content (AvgIpc) is 2.90. The molecule has 1 aromatic carbocycles. The first-order valence-corrected chi connectivity index (χ1v) is 9.07. The van der Waals surface area contributed by atoms with Crippen LogP contribution in [-0.4, -0.2) is 58.2 Å². The van der Waals surface area contributed by atoms with E-state index in [9.17, 15) is 14.4 Å². The molecule has 0 N–H and O–H groups in total. The number of amides is 4. The first kappa shape index (κ1) is 17.5. The lowest BCUT2D eigenvalue weighted by Crippen LogP contribution is -2.46. The molecule has 4 amide bonds. The van der Waals surface area contributed by atoms with Gasteiger partial charge in [0, 0.05) is 19.6 Å². The Balaban J connectivity index is 2.01. The zero-order valence-electron chi connectivity index (χ0n) is 14.9. The molecular weight excluding hydrogens is 318 g/mol. The van der Waals surface area contributed by atoms with Crippen molar-refractivity contribution in [1.82, 2.24) is 14.7 Å². The summed E-state index contributed by atoms with van der Waals surface area (Å²) in [6, 6.07) is 7.52. The second kappa shape index (κ2) is 7.25. The summed E-state index contributed by atoms with van der Waals surface area (Å²) < 4.78 is 0. The highest BCUT2D eigenvalue weighted by atomic mass is 16.2. The quantitative estimate of drug-likeness (QED) is 0.772. The molecule has 2 atom stereocenters. The Morgan fingerprint density at radius 1 is 1.16 bits per heavy atom. The van der Waals surface area contributed by atoms with Gasteiger partial charge in [-0.2, -0.15) is 0 Å². The summed E-state index contributed by atoms with van der Waals surface area (Å²) >= 11 is 0. The fourth-order valence-electron chi connectivity index (χ4n) is 3.79. The summed E-state index contributed by atoms with van der Waals surface area (Å²) in [6.45, 7) is 5.48. The maximum Gasteiger partial charge on any atom is 0.328 e. The molecule has 1 aromatic rings. The highest BCUT2D eigenvalue weighted by molar-refractivity contribution is 6.07. The SMILES string of the molecule is CCN(CC)C(=O)[C@H](c1ccccc1)N1C(=O)[C@H]2CCCCN2C1=O. The molecule has 2 aliphatic heterocycles. The fourth-order valence-corrected chi connectivity index (χ4v) is 3.79. The number of carbonyl (C=O) groups is 3. The number of imide groups is 1. The third-order valence-electron chi connectivity index (χ3n) is 5.16. The number of nitrogens with zero attached hydrogens (tertiary/aromatic N) is 3. The molecule has 0 radical (unpaired) electrons. The van der Waals surface area contributed by atoms with Gasteiger partial charge in [-0.1, -0.05) is 30.3 Å². The van der Waals surface area contributed by atoms with Crippen molar-refractivity contribution in [2.24, 2.45) is 0 Å². The van der Waals surface area contributed by atoms with Gasteiger partial charge in [0.05, 0.1) is 0 Å². The Morgan fingerprint density at radius 2 is 1.84 bits per heavy atom. The molecule has 0 aliphatic carbocycles. The lowest BCUT2D eigenvalue weighted by Gasteiger charge is -2.30. The number of carbonyl (C=O) groups excluding carboxylic acids is 3. The Morgan fingerprint density at radius 3 is 2.44 bits per heavy atom. The molecule has 6 nitrogen and oxygen atoms in total. The molecule has 0 saturated carbocycles. The second-order valence-corrected chi connectivity index (χ2v) is 6.52. The summed E-state index contributed by atoms with van der Waals surface area (Å²) in [5.74, 6) is -0.434. The zero-order chi connectivity index (χ0) is 18.0. The van der Waals surface area contributed by atoms with E-state index in [1.54, 1.807) is 9.80 Å². The van der Waals surface area contributed by atoms with E-state index in [0.717, 1.165) is 12.8 Å². The molecule has 2 saturated heterocycles. The number of rotatable bonds is 5. The second-order valence-electron chi connectivity index (χ2n) is 6.52. The number of piperidine rings is 1. The van der Waals surface area contributed by atoms with Crippen LogP contribution in [0, 0.1) is 0 Å². The van der Waals surface area contributed by atoms with E-state index in [1.165, 1.54) is 4.90 Å². The molecule has 6 heteroatoms. The van der Waals surface area contributed by atoms with Crippen molar-refractivity contribution in [2.45, 2.75) is 45.2 Å². The van der Waals surface area contributed by atoms with Crippen molar-refractivity contribution >= 4 is 17.8 Å². The third-order valence-corrected chi connectivity index (χ3v) is 5.16. The molecule has 134 valence electrons. The standard InChI is InChI=1S/C19H25N3O3/c1-3-20(4-2)18(24)16(14-10-6-5-7-11-14)22-17(23)15-12-8-9-13-21(15)19(22)25/h5-7,10-11,15-16H,3-4,8-9,12-13H2,1-2H3/t15-,16+/m1/s1. The first-order valence-electron chi connectivity index (χ1n) is 9.07. The summed E-state index contributed by atoms with van der Waals surface area (Å²) in [5, 5.41) is 0. The zero-order valence-corrected chi connectivity index (χ0v) is 14.9. The van der Waals surface area contributed by atoms with Crippen LogP contribution in [0.2, 0.25) is 0 Å². The predicted molar refractivity (Wildman–Crippen MR) is 93.7 cm³/mol. The van der Waals surface area contributed by atoms with Crippen LogP contribution in [0.25, 0.3) is 0 Å². The van der Waals surface area contributed by atoms with E-state index in [1.807, 2.05) is 44.2 Å². The van der Waals surface area contributed by atoms with Gasteiger partial charge in [-0.3, -0.25) is 9.59 Å². The number of fused-ring (bicyclic) bond motifs is 1. The summed E-state index contributed by atoms with van der Waals surface area (Å²) in [6.07, 6.45) is 2.53. The van der Waals surface area contributed by atoms with E-state index < -0.39 is 12.1 Å². The van der Waals surface area contributed by atoms with Crippen LogP contribution in [-0.2, 0) is 9.59 Å². The van der Waals surface area contributed by atoms with E-state index >= 15 is 0 Å². The third kappa shape index (κ3) is 3.01. The topological polar surface area (TPSA) is 60.9 Å². The highest BCUT2D eigenvalue weighted by Gasteiger charge is 2.51. The van der Waals surface area contributed by atoms with Crippen LogP contribution in [0.4, 0.5) is 4.79 Å².